The van der Waals surface area contributed by atoms with Crippen molar-refractivity contribution in [1.29, 1.82) is 0 Å². The van der Waals surface area contributed by atoms with Gasteiger partial charge in [-0.3, -0.25) is 0 Å². The van der Waals surface area contributed by atoms with Gasteiger partial charge in [-0.15, -0.1) is 0 Å². The molecule has 0 aliphatic carbocycles. The topological polar surface area (TPSA) is 80.3 Å². The van der Waals surface area contributed by atoms with Gasteiger partial charge in [-0.25, -0.2) is 0 Å². The van der Waals surface area contributed by atoms with Crippen LogP contribution in [-0.2, 0) is 9.59 Å². The Labute approximate surface area is 196 Å². The zero-order valence-corrected chi connectivity index (χ0v) is 19.6. The number of carboxylic acids is 2. The number of carbonyl (C=O) groups is 2. The summed E-state index contributed by atoms with van der Waals surface area (Å²) in [5.74, 6) is -2.88. The SMILES string of the molecule is CCCCCCCCCCCCCCCCCC/C(=C\C(=O)[O-])C(=O)[O-].[Ca+2]. The summed E-state index contributed by atoms with van der Waals surface area (Å²) in [6, 6.07) is 0. The molecule has 0 radical (unpaired) electrons. The molecule has 0 rings (SSSR count). The molecule has 27 heavy (non-hydrogen) atoms. The van der Waals surface area contributed by atoms with Crippen molar-refractivity contribution in [3.8, 4) is 0 Å². The van der Waals surface area contributed by atoms with Crippen LogP contribution in [0.4, 0.5) is 0 Å². The maximum absolute atomic E-state index is 10.8. The van der Waals surface area contributed by atoms with Crippen molar-refractivity contribution >= 4 is 49.7 Å². The van der Waals surface area contributed by atoms with E-state index in [9.17, 15) is 19.8 Å². The van der Waals surface area contributed by atoms with Gasteiger partial charge in [-0.05, 0) is 24.5 Å². The predicted molar refractivity (Wildman–Crippen MR) is 108 cm³/mol. The van der Waals surface area contributed by atoms with Crippen LogP contribution in [0, 0.1) is 0 Å². The zero-order chi connectivity index (χ0) is 19.5. The first kappa shape index (κ1) is 29.1. The minimum Gasteiger partial charge on any atom is -0.545 e. The van der Waals surface area contributed by atoms with Crippen molar-refractivity contribution < 1.29 is 19.8 Å². The molecule has 0 unspecified atom stereocenters. The second kappa shape index (κ2) is 22.2. The smallest absolute Gasteiger partial charge is 0.545 e. The monoisotopic (exact) mass is 406 g/mol. The van der Waals surface area contributed by atoms with Crippen LogP contribution in [0.3, 0.4) is 0 Å². The molecule has 0 aliphatic rings. The Hall–Kier alpha value is -0.0603. The maximum atomic E-state index is 10.8. The number of hydrogen-bond acceptors (Lipinski definition) is 4. The van der Waals surface area contributed by atoms with Crippen molar-refractivity contribution in [2.24, 2.45) is 0 Å². The van der Waals surface area contributed by atoms with Gasteiger partial charge in [0.05, 0.1) is 11.9 Å². The molecule has 0 aromatic heterocycles. The van der Waals surface area contributed by atoms with E-state index in [1.807, 2.05) is 0 Å². The molecule has 0 aromatic carbocycles. The van der Waals surface area contributed by atoms with E-state index >= 15 is 0 Å². The van der Waals surface area contributed by atoms with Crippen molar-refractivity contribution in [3.63, 3.8) is 0 Å². The van der Waals surface area contributed by atoms with Crippen LogP contribution in [0.15, 0.2) is 11.6 Å². The Balaban J connectivity index is 0. The average molecular weight is 407 g/mol. The molecule has 0 N–H and O–H groups in total. The Kier molecular flexibility index (Phi) is 24.0. The van der Waals surface area contributed by atoms with Gasteiger partial charge in [0, 0.05) is 0 Å². The van der Waals surface area contributed by atoms with Crippen LogP contribution >= 0.6 is 0 Å². The Morgan fingerprint density at radius 3 is 1.26 bits per heavy atom. The van der Waals surface area contributed by atoms with E-state index in [4.69, 9.17) is 0 Å². The molecule has 0 saturated carbocycles. The summed E-state index contributed by atoms with van der Waals surface area (Å²) in [6.45, 7) is 2.25. The van der Waals surface area contributed by atoms with Crippen LogP contribution < -0.4 is 10.2 Å². The molecule has 4 nitrogen and oxygen atoms in total. The van der Waals surface area contributed by atoms with Gasteiger partial charge in [-0.1, -0.05) is 103 Å². The largest absolute Gasteiger partial charge is 2.00 e. The maximum Gasteiger partial charge on any atom is 2.00 e. The second-order valence-electron chi connectivity index (χ2n) is 7.33. The number of carbonyl (C=O) groups excluding carboxylic acids is 2. The van der Waals surface area contributed by atoms with Crippen molar-refractivity contribution in [2.75, 3.05) is 0 Å². The summed E-state index contributed by atoms with van der Waals surface area (Å²) in [4.78, 5) is 21.2. The summed E-state index contributed by atoms with van der Waals surface area (Å²) < 4.78 is 0. The van der Waals surface area contributed by atoms with Crippen molar-refractivity contribution in [1.82, 2.24) is 0 Å². The fraction of sp³-hybridized carbons (Fsp3) is 0.818. The minimum atomic E-state index is -1.47. The summed E-state index contributed by atoms with van der Waals surface area (Å²) in [6.07, 6.45) is 21.0. The van der Waals surface area contributed by atoms with E-state index in [0.29, 0.717) is 12.5 Å². The molecule has 0 aliphatic heterocycles. The molecule has 0 saturated heterocycles. The molecule has 152 valence electrons. The molecule has 0 fully saturated rings. The summed E-state index contributed by atoms with van der Waals surface area (Å²) in [5.41, 5.74) is -0.171. The van der Waals surface area contributed by atoms with Gasteiger partial charge < -0.3 is 19.8 Å². The normalized spacial score (nSPS) is 11.2. The number of rotatable bonds is 19. The molecule has 0 amide bonds. The Morgan fingerprint density at radius 2 is 0.963 bits per heavy atom. The molecule has 0 bridgehead atoms. The Bertz CT molecular complexity index is 394. The van der Waals surface area contributed by atoms with E-state index in [2.05, 4.69) is 6.92 Å². The van der Waals surface area contributed by atoms with Gasteiger partial charge in [0.2, 0.25) is 0 Å². The number of aliphatic carboxylic acids is 2. The molecule has 0 aromatic rings. The third kappa shape index (κ3) is 22.1. The van der Waals surface area contributed by atoms with E-state index in [0.717, 1.165) is 12.8 Å². The van der Waals surface area contributed by atoms with Gasteiger partial charge in [0.15, 0.2) is 0 Å². The summed E-state index contributed by atoms with van der Waals surface area (Å²) in [7, 11) is 0. The second-order valence-corrected chi connectivity index (χ2v) is 7.33. The predicted octanol–water partition coefficient (Wildman–Crippen LogP) is 3.68. The van der Waals surface area contributed by atoms with Crippen LogP contribution in [0.5, 0.6) is 0 Å². The standard InChI is InChI=1S/C22H40O4.Ca/c1-2-3-4-5-6-7-8-9-10-11-12-13-14-15-16-17-18-20(22(25)26)19-21(23)24;/h19H,2-18H2,1H3,(H,23,24)(H,25,26);/q;+2/p-2/b20-19+;. The molecule has 0 spiro atoms. The van der Waals surface area contributed by atoms with Gasteiger partial charge >= 0.3 is 37.7 Å². The van der Waals surface area contributed by atoms with Gasteiger partial charge in [0.25, 0.3) is 0 Å². The van der Waals surface area contributed by atoms with Crippen molar-refractivity contribution in [3.05, 3.63) is 11.6 Å². The van der Waals surface area contributed by atoms with Gasteiger partial charge in [-0.2, -0.15) is 0 Å². The summed E-state index contributed by atoms with van der Waals surface area (Å²) in [5, 5.41) is 21.2. The van der Waals surface area contributed by atoms with E-state index in [-0.39, 0.29) is 49.7 Å². The Morgan fingerprint density at radius 1 is 0.630 bits per heavy atom. The number of carboxylic acid groups (broad SMARTS) is 2. The van der Waals surface area contributed by atoms with Crippen LogP contribution in [-0.4, -0.2) is 49.7 Å². The van der Waals surface area contributed by atoms with Crippen molar-refractivity contribution in [2.45, 2.75) is 116 Å². The van der Waals surface area contributed by atoms with Crippen LogP contribution in [0.1, 0.15) is 116 Å². The first-order chi connectivity index (χ1) is 12.6. The third-order valence-electron chi connectivity index (χ3n) is 4.85. The number of hydrogen-bond donors (Lipinski definition) is 0. The van der Waals surface area contributed by atoms with E-state index in [1.54, 1.807) is 0 Å². The van der Waals surface area contributed by atoms with E-state index in [1.165, 1.54) is 83.5 Å². The fourth-order valence-corrected chi connectivity index (χ4v) is 3.24. The molecule has 5 heteroatoms. The quantitative estimate of drug-likeness (QED) is 0.186. The zero-order valence-electron chi connectivity index (χ0n) is 17.4. The van der Waals surface area contributed by atoms with Crippen LogP contribution in [0.2, 0.25) is 0 Å². The van der Waals surface area contributed by atoms with E-state index < -0.39 is 11.9 Å². The average Bonchev–Trinajstić information content (AvgIpc) is 2.59. The minimum absolute atomic E-state index is 0. The molecule has 0 atom stereocenters. The number of unbranched alkanes of at least 4 members (excludes halogenated alkanes) is 15. The summed E-state index contributed by atoms with van der Waals surface area (Å²) >= 11 is 0. The fourth-order valence-electron chi connectivity index (χ4n) is 3.24. The van der Waals surface area contributed by atoms with Gasteiger partial charge in [0.1, 0.15) is 0 Å². The first-order valence-electron chi connectivity index (χ1n) is 10.7. The molecular formula is C22H38CaO4. The molecular weight excluding hydrogens is 368 g/mol. The third-order valence-corrected chi connectivity index (χ3v) is 4.85. The first-order valence-corrected chi connectivity index (χ1v) is 10.7. The van der Waals surface area contributed by atoms with Crippen LogP contribution in [0.25, 0.3) is 0 Å². The molecule has 0 heterocycles.